The average molecular weight is 290 g/mol. The van der Waals surface area contributed by atoms with E-state index in [9.17, 15) is 4.79 Å². The molecule has 0 atom stereocenters. The van der Waals surface area contributed by atoms with E-state index in [1.807, 2.05) is 11.9 Å². The van der Waals surface area contributed by atoms with Gasteiger partial charge in [-0.3, -0.25) is 4.79 Å². The Hall–Kier alpha value is -0.0900. The van der Waals surface area contributed by atoms with Crippen LogP contribution in [0.5, 0.6) is 0 Å². The lowest BCUT2D eigenvalue weighted by Gasteiger charge is -2.36. The van der Waals surface area contributed by atoms with E-state index in [0.29, 0.717) is 16.7 Å². The third-order valence-corrected chi connectivity index (χ3v) is 4.40. The van der Waals surface area contributed by atoms with E-state index in [0.717, 1.165) is 32.6 Å². The lowest BCUT2D eigenvalue weighted by Crippen LogP contribution is -2.41. The summed E-state index contributed by atoms with van der Waals surface area (Å²) in [5, 5.41) is 0. The number of amides is 1. The zero-order valence-corrected chi connectivity index (χ0v) is 11.4. The van der Waals surface area contributed by atoms with E-state index in [4.69, 9.17) is 4.74 Å². The third-order valence-electron chi connectivity index (χ3n) is 3.66. The Balaban J connectivity index is 1.74. The van der Waals surface area contributed by atoms with Gasteiger partial charge in [0.2, 0.25) is 5.91 Å². The quantitative estimate of drug-likeness (QED) is 0.744. The van der Waals surface area contributed by atoms with Gasteiger partial charge in [-0.05, 0) is 31.6 Å². The van der Waals surface area contributed by atoms with Crippen molar-refractivity contribution in [3.05, 3.63) is 0 Å². The fourth-order valence-electron chi connectivity index (χ4n) is 2.54. The number of halogens is 1. The van der Waals surface area contributed by atoms with Crippen molar-refractivity contribution < 1.29 is 9.53 Å². The average Bonchev–Trinajstić information content (AvgIpc) is 2.27. The minimum atomic E-state index is 0.207. The molecule has 1 heterocycles. The van der Waals surface area contributed by atoms with Crippen LogP contribution >= 0.6 is 15.9 Å². The molecule has 0 N–H and O–H groups in total. The summed E-state index contributed by atoms with van der Waals surface area (Å²) < 4.78 is 5.28. The molecule has 2 fully saturated rings. The van der Waals surface area contributed by atoms with Gasteiger partial charge in [-0.1, -0.05) is 15.9 Å². The second-order valence-corrected chi connectivity index (χ2v) is 6.34. The molecule has 2 rings (SSSR count). The van der Waals surface area contributed by atoms with Crippen LogP contribution in [-0.2, 0) is 9.53 Å². The largest absolute Gasteiger partial charge is 0.381 e. The molecule has 1 aliphatic carbocycles. The highest BCUT2D eigenvalue weighted by Crippen LogP contribution is 2.34. The van der Waals surface area contributed by atoms with Gasteiger partial charge in [-0.2, -0.15) is 0 Å². The van der Waals surface area contributed by atoms with Crippen molar-refractivity contribution >= 4 is 21.8 Å². The molecular formula is C12H20BrNO2. The number of carbonyl (C=O) groups excluding carboxylic acids is 1. The second-order valence-electron chi connectivity index (χ2n) is 5.04. The molecule has 0 aromatic rings. The van der Waals surface area contributed by atoms with Crippen molar-refractivity contribution in [3.8, 4) is 0 Å². The van der Waals surface area contributed by atoms with Gasteiger partial charge >= 0.3 is 0 Å². The first-order valence-corrected chi connectivity index (χ1v) is 7.05. The van der Waals surface area contributed by atoms with E-state index in [1.165, 1.54) is 12.8 Å². The molecule has 0 aromatic heterocycles. The van der Waals surface area contributed by atoms with Crippen LogP contribution < -0.4 is 0 Å². The molecule has 1 amide bonds. The Bertz CT molecular complexity index is 247. The minimum absolute atomic E-state index is 0.207. The first-order valence-electron chi connectivity index (χ1n) is 6.13. The number of ether oxygens (including phenoxy) is 1. The number of carbonyl (C=O) groups is 1. The summed E-state index contributed by atoms with van der Waals surface area (Å²) in [5.41, 5.74) is 0. The van der Waals surface area contributed by atoms with Gasteiger partial charge in [0.15, 0.2) is 0 Å². The molecule has 0 aromatic carbocycles. The van der Waals surface area contributed by atoms with E-state index in [2.05, 4.69) is 15.9 Å². The van der Waals surface area contributed by atoms with Gasteiger partial charge in [0.25, 0.3) is 0 Å². The summed E-state index contributed by atoms with van der Waals surface area (Å²) in [4.78, 5) is 14.7. The minimum Gasteiger partial charge on any atom is -0.381 e. The van der Waals surface area contributed by atoms with Crippen molar-refractivity contribution in [1.29, 1.82) is 0 Å². The fourth-order valence-corrected chi connectivity index (χ4v) is 3.59. The number of alkyl halides is 1. The summed E-state index contributed by atoms with van der Waals surface area (Å²) >= 11 is 3.58. The SMILES string of the molecule is CN(CC1CC(Br)C1)C(=O)C1CCOCC1. The molecule has 92 valence electrons. The predicted octanol–water partition coefficient (Wildman–Crippen LogP) is 2.04. The molecule has 1 saturated heterocycles. The molecule has 0 spiro atoms. The Labute approximate surface area is 106 Å². The maximum Gasteiger partial charge on any atom is 0.225 e. The summed E-state index contributed by atoms with van der Waals surface area (Å²) in [6.45, 7) is 2.42. The summed E-state index contributed by atoms with van der Waals surface area (Å²) in [5.74, 6) is 1.23. The van der Waals surface area contributed by atoms with Crippen LogP contribution in [0.3, 0.4) is 0 Å². The monoisotopic (exact) mass is 289 g/mol. The first kappa shape index (κ1) is 12.4. The Morgan fingerprint density at radius 3 is 2.56 bits per heavy atom. The van der Waals surface area contributed by atoms with Crippen molar-refractivity contribution in [2.75, 3.05) is 26.8 Å². The molecule has 16 heavy (non-hydrogen) atoms. The number of hydrogen-bond donors (Lipinski definition) is 0. The molecule has 0 unspecified atom stereocenters. The zero-order chi connectivity index (χ0) is 11.5. The summed E-state index contributed by atoms with van der Waals surface area (Å²) in [6.07, 6.45) is 4.22. The maximum atomic E-state index is 12.1. The fraction of sp³-hybridized carbons (Fsp3) is 0.917. The van der Waals surface area contributed by atoms with Crippen LogP contribution in [0, 0.1) is 11.8 Å². The first-order chi connectivity index (χ1) is 7.66. The van der Waals surface area contributed by atoms with Crippen LogP contribution in [0.2, 0.25) is 0 Å². The zero-order valence-electron chi connectivity index (χ0n) is 9.82. The van der Waals surface area contributed by atoms with Crippen molar-refractivity contribution in [1.82, 2.24) is 4.90 Å². The van der Waals surface area contributed by atoms with Gasteiger partial charge in [0, 0.05) is 37.6 Å². The molecule has 2 aliphatic rings. The predicted molar refractivity (Wildman–Crippen MR) is 66.6 cm³/mol. The standard InChI is InChI=1S/C12H20BrNO2/c1-14(8-9-6-11(13)7-9)12(15)10-2-4-16-5-3-10/h9-11H,2-8H2,1H3. The van der Waals surface area contributed by atoms with Gasteiger partial charge in [-0.15, -0.1) is 0 Å². The Morgan fingerprint density at radius 1 is 1.38 bits per heavy atom. The summed E-state index contributed by atoms with van der Waals surface area (Å²) in [6, 6.07) is 0. The molecule has 1 saturated carbocycles. The normalized spacial score (nSPS) is 30.9. The second kappa shape index (κ2) is 5.50. The molecule has 0 bridgehead atoms. The number of hydrogen-bond acceptors (Lipinski definition) is 2. The number of nitrogens with zero attached hydrogens (tertiary/aromatic N) is 1. The van der Waals surface area contributed by atoms with Crippen molar-refractivity contribution in [2.24, 2.45) is 11.8 Å². The van der Waals surface area contributed by atoms with Gasteiger partial charge in [0.05, 0.1) is 0 Å². The van der Waals surface area contributed by atoms with Crippen LogP contribution in [-0.4, -0.2) is 42.4 Å². The highest BCUT2D eigenvalue weighted by atomic mass is 79.9. The molecular weight excluding hydrogens is 270 g/mol. The topological polar surface area (TPSA) is 29.5 Å². The van der Waals surface area contributed by atoms with E-state index in [1.54, 1.807) is 0 Å². The van der Waals surface area contributed by atoms with Crippen molar-refractivity contribution in [3.63, 3.8) is 0 Å². The van der Waals surface area contributed by atoms with Gasteiger partial charge in [0.1, 0.15) is 0 Å². The lowest BCUT2D eigenvalue weighted by atomic mass is 9.84. The lowest BCUT2D eigenvalue weighted by molar-refractivity contribution is -0.138. The summed E-state index contributed by atoms with van der Waals surface area (Å²) in [7, 11) is 1.94. The Kier molecular flexibility index (Phi) is 4.25. The number of rotatable bonds is 3. The smallest absolute Gasteiger partial charge is 0.225 e. The van der Waals surface area contributed by atoms with E-state index < -0.39 is 0 Å². The van der Waals surface area contributed by atoms with Gasteiger partial charge in [-0.25, -0.2) is 0 Å². The van der Waals surface area contributed by atoms with Crippen LogP contribution in [0.15, 0.2) is 0 Å². The van der Waals surface area contributed by atoms with Crippen LogP contribution in [0.4, 0.5) is 0 Å². The van der Waals surface area contributed by atoms with Crippen molar-refractivity contribution in [2.45, 2.75) is 30.5 Å². The highest BCUT2D eigenvalue weighted by Gasteiger charge is 2.31. The van der Waals surface area contributed by atoms with Crippen LogP contribution in [0.1, 0.15) is 25.7 Å². The van der Waals surface area contributed by atoms with Crippen LogP contribution in [0.25, 0.3) is 0 Å². The van der Waals surface area contributed by atoms with E-state index >= 15 is 0 Å². The maximum absolute atomic E-state index is 12.1. The molecule has 3 nitrogen and oxygen atoms in total. The third kappa shape index (κ3) is 2.98. The molecule has 1 aliphatic heterocycles. The molecule has 4 heteroatoms. The highest BCUT2D eigenvalue weighted by molar-refractivity contribution is 9.09. The van der Waals surface area contributed by atoms with Gasteiger partial charge < -0.3 is 9.64 Å². The molecule has 0 radical (unpaired) electrons. The van der Waals surface area contributed by atoms with E-state index in [-0.39, 0.29) is 5.92 Å². The Morgan fingerprint density at radius 2 is 2.00 bits per heavy atom.